The Morgan fingerprint density at radius 1 is 1.18 bits per heavy atom. The maximum Gasteiger partial charge on any atom is 0.227 e. The number of alkyl halides is 1. The molecule has 11 nitrogen and oxygen atoms in total. The Morgan fingerprint density at radius 3 is 2.55 bits per heavy atom. The van der Waals surface area contributed by atoms with Gasteiger partial charge in [0.1, 0.15) is 12.4 Å². The summed E-state index contributed by atoms with van der Waals surface area (Å²) in [6, 6.07) is -0.691. The number of ketones is 3. The lowest BCUT2D eigenvalue weighted by molar-refractivity contribution is -0.142. The van der Waals surface area contributed by atoms with E-state index >= 15 is 0 Å². The SMILES string of the molecule is CC(C)[C@H](CC(=O)c1csc(N2CCOCC2)n1)C(=O)N1CCC[C@H]1C(=O)C[C@@H](CCCN=C(N)N)C(=O)CF. The van der Waals surface area contributed by atoms with Crippen molar-refractivity contribution >= 4 is 45.7 Å². The summed E-state index contributed by atoms with van der Waals surface area (Å²) in [4.78, 5) is 64.4. The number of morpholine rings is 1. The molecule has 0 spiro atoms. The zero-order valence-electron chi connectivity index (χ0n) is 23.4. The van der Waals surface area contributed by atoms with Crippen molar-refractivity contribution in [2.45, 2.75) is 58.4 Å². The molecule has 3 heterocycles. The first kappa shape index (κ1) is 31.6. The molecule has 13 heteroatoms. The first-order valence-corrected chi connectivity index (χ1v) is 14.8. The van der Waals surface area contributed by atoms with Crippen molar-refractivity contribution in [3.63, 3.8) is 0 Å². The number of nitrogens with two attached hydrogens (primary N) is 2. The van der Waals surface area contributed by atoms with E-state index < -0.39 is 30.3 Å². The number of rotatable bonds is 15. The maximum absolute atomic E-state index is 13.7. The van der Waals surface area contributed by atoms with Gasteiger partial charge in [0.2, 0.25) is 5.91 Å². The smallest absolute Gasteiger partial charge is 0.227 e. The van der Waals surface area contributed by atoms with Gasteiger partial charge in [0.25, 0.3) is 0 Å². The fourth-order valence-corrected chi connectivity index (χ4v) is 6.08. The molecular formula is C27H41FN6O5S. The van der Waals surface area contributed by atoms with Crippen LogP contribution in [0.3, 0.4) is 0 Å². The molecule has 0 saturated carbocycles. The van der Waals surface area contributed by atoms with Crippen molar-refractivity contribution in [3.8, 4) is 0 Å². The molecule has 222 valence electrons. The topological polar surface area (TPSA) is 161 Å². The molecular weight excluding hydrogens is 539 g/mol. The molecule has 2 aliphatic heterocycles. The molecule has 1 aromatic heterocycles. The number of anilines is 1. The van der Waals surface area contributed by atoms with Gasteiger partial charge in [-0.3, -0.25) is 24.2 Å². The summed E-state index contributed by atoms with van der Waals surface area (Å²) in [6.45, 7) is 5.94. The fourth-order valence-electron chi connectivity index (χ4n) is 5.19. The molecule has 4 N–H and O–H groups in total. The zero-order valence-corrected chi connectivity index (χ0v) is 24.2. The molecule has 3 rings (SSSR count). The van der Waals surface area contributed by atoms with Crippen LogP contribution in [0.4, 0.5) is 9.52 Å². The van der Waals surface area contributed by atoms with Crippen LogP contribution in [0, 0.1) is 17.8 Å². The third-order valence-electron chi connectivity index (χ3n) is 7.53. The average molecular weight is 581 g/mol. The van der Waals surface area contributed by atoms with E-state index in [0.29, 0.717) is 57.8 Å². The molecule has 0 radical (unpaired) electrons. The fraction of sp³-hybridized carbons (Fsp3) is 0.704. The van der Waals surface area contributed by atoms with Gasteiger partial charge in [-0.1, -0.05) is 13.8 Å². The number of Topliss-reactive ketones (excluding diaryl/α,β-unsaturated/α-hetero) is 3. The average Bonchev–Trinajstić information content (AvgIpc) is 3.63. The molecule has 0 unspecified atom stereocenters. The van der Waals surface area contributed by atoms with Crippen molar-refractivity contribution < 1.29 is 28.3 Å². The minimum atomic E-state index is -1.16. The van der Waals surface area contributed by atoms with E-state index in [1.54, 1.807) is 10.3 Å². The van der Waals surface area contributed by atoms with Gasteiger partial charge in [0.15, 0.2) is 28.4 Å². The van der Waals surface area contributed by atoms with Gasteiger partial charge in [0.05, 0.1) is 19.3 Å². The Labute approximate surface area is 238 Å². The second-order valence-corrected chi connectivity index (χ2v) is 11.5. The summed E-state index contributed by atoms with van der Waals surface area (Å²) >= 11 is 1.40. The number of carbonyl (C=O) groups is 4. The number of aromatic nitrogens is 1. The highest BCUT2D eigenvalue weighted by molar-refractivity contribution is 7.13. The number of amides is 1. The Morgan fingerprint density at radius 2 is 1.90 bits per heavy atom. The van der Waals surface area contributed by atoms with Crippen LogP contribution >= 0.6 is 11.3 Å². The minimum Gasteiger partial charge on any atom is -0.378 e. The minimum absolute atomic E-state index is 0.00600. The molecule has 0 aliphatic carbocycles. The third-order valence-corrected chi connectivity index (χ3v) is 8.44. The number of halogens is 1. The van der Waals surface area contributed by atoms with Gasteiger partial charge in [0, 0.05) is 56.2 Å². The molecule has 3 atom stereocenters. The number of carbonyl (C=O) groups excluding carboxylic acids is 4. The van der Waals surface area contributed by atoms with E-state index in [1.807, 2.05) is 13.8 Å². The van der Waals surface area contributed by atoms with E-state index in [4.69, 9.17) is 16.2 Å². The molecule has 40 heavy (non-hydrogen) atoms. The standard InChI is InChI=1S/C27H41FN6O5S/c1-17(2)19(14-22(35)20-16-40-27(32-20)33-9-11-39-12-10-33)25(38)34-8-4-6-21(34)23(36)13-18(24(37)15-28)5-3-7-31-26(29)30/h16-19,21H,3-15H2,1-2H3,(H4,29,30,31)/t18-,19+,21+/m1/s1. The number of aliphatic imine (C=N–C) groups is 1. The number of nitrogens with zero attached hydrogens (tertiary/aromatic N) is 4. The predicted octanol–water partition coefficient (Wildman–Crippen LogP) is 1.98. The van der Waals surface area contributed by atoms with Gasteiger partial charge in [-0.2, -0.15) is 0 Å². The molecule has 2 aliphatic rings. The van der Waals surface area contributed by atoms with E-state index in [1.165, 1.54) is 11.3 Å². The second-order valence-electron chi connectivity index (χ2n) is 10.7. The van der Waals surface area contributed by atoms with Crippen LogP contribution in [0.1, 0.15) is 62.9 Å². The monoisotopic (exact) mass is 580 g/mol. The lowest BCUT2D eigenvalue weighted by Gasteiger charge is -2.30. The molecule has 2 fully saturated rings. The Balaban J connectivity index is 1.64. The van der Waals surface area contributed by atoms with Gasteiger partial charge in [-0.15, -0.1) is 11.3 Å². The first-order valence-electron chi connectivity index (χ1n) is 13.9. The number of hydrogen-bond acceptors (Lipinski definition) is 9. The quantitative estimate of drug-likeness (QED) is 0.137. The molecule has 1 aromatic rings. The van der Waals surface area contributed by atoms with E-state index in [0.717, 1.165) is 5.13 Å². The summed E-state index contributed by atoms with van der Waals surface area (Å²) in [7, 11) is 0. The van der Waals surface area contributed by atoms with Crippen molar-refractivity contribution in [2.75, 3.05) is 51.0 Å². The van der Waals surface area contributed by atoms with Crippen molar-refractivity contribution in [2.24, 2.45) is 34.2 Å². The molecule has 0 bridgehead atoms. The van der Waals surface area contributed by atoms with Crippen LogP contribution in [0.2, 0.25) is 0 Å². The number of likely N-dealkylation sites (tertiary alicyclic amines) is 1. The van der Waals surface area contributed by atoms with Crippen molar-refractivity contribution in [3.05, 3.63) is 11.1 Å². The largest absolute Gasteiger partial charge is 0.378 e. The summed E-state index contributed by atoms with van der Waals surface area (Å²) in [6.07, 6.45) is 1.66. The highest BCUT2D eigenvalue weighted by Crippen LogP contribution is 2.29. The van der Waals surface area contributed by atoms with Crippen molar-refractivity contribution in [1.29, 1.82) is 0 Å². The van der Waals surface area contributed by atoms with Crippen LogP contribution in [-0.2, 0) is 19.1 Å². The lowest BCUT2D eigenvalue weighted by atomic mass is 9.87. The molecule has 0 aromatic carbocycles. The number of thiazole rings is 1. The number of hydrogen-bond donors (Lipinski definition) is 2. The lowest BCUT2D eigenvalue weighted by Crippen LogP contribution is -2.45. The molecule has 1 amide bonds. The van der Waals surface area contributed by atoms with E-state index in [-0.39, 0.29) is 55.2 Å². The first-order chi connectivity index (χ1) is 19.1. The van der Waals surface area contributed by atoms with Gasteiger partial charge in [-0.05, 0) is 31.6 Å². The second kappa shape index (κ2) is 15.2. The van der Waals surface area contributed by atoms with Crippen LogP contribution in [0.25, 0.3) is 0 Å². The Kier molecular flexibility index (Phi) is 12.0. The van der Waals surface area contributed by atoms with Crippen molar-refractivity contribution in [1.82, 2.24) is 9.88 Å². The van der Waals surface area contributed by atoms with E-state index in [2.05, 4.69) is 14.9 Å². The Hall–Kier alpha value is -2.93. The number of guanidine groups is 1. The summed E-state index contributed by atoms with van der Waals surface area (Å²) < 4.78 is 18.6. The van der Waals surface area contributed by atoms with E-state index in [9.17, 15) is 23.6 Å². The zero-order chi connectivity index (χ0) is 29.2. The third kappa shape index (κ3) is 8.53. The number of ether oxygens (including phenoxy) is 1. The normalized spacial score (nSPS) is 18.9. The summed E-state index contributed by atoms with van der Waals surface area (Å²) in [5, 5.41) is 2.49. The van der Waals surface area contributed by atoms with Crippen LogP contribution in [-0.4, -0.2) is 91.2 Å². The highest BCUT2D eigenvalue weighted by atomic mass is 32.1. The van der Waals surface area contributed by atoms with Crippen LogP contribution in [0.5, 0.6) is 0 Å². The predicted molar refractivity (Wildman–Crippen MR) is 151 cm³/mol. The summed E-state index contributed by atoms with van der Waals surface area (Å²) in [5.74, 6) is -2.98. The van der Waals surface area contributed by atoms with Gasteiger partial charge < -0.3 is 26.0 Å². The van der Waals surface area contributed by atoms with Crippen LogP contribution < -0.4 is 16.4 Å². The molecule has 2 saturated heterocycles. The Bertz CT molecular complexity index is 1070. The summed E-state index contributed by atoms with van der Waals surface area (Å²) in [5.41, 5.74) is 11.0. The van der Waals surface area contributed by atoms with Crippen LogP contribution in [0.15, 0.2) is 10.4 Å². The maximum atomic E-state index is 13.7. The highest BCUT2D eigenvalue weighted by Gasteiger charge is 2.39. The van der Waals surface area contributed by atoms with Gasteiger partial charge in [-0.25, -0.2) is 9.37 Å². The van der Waals surface area contributed by atoms with Gasteiger partial charge >= 0.3 is 0 Å².